The van der Waals surface area contributed by atoms with E-state index in [1.54, 1.807) is 12.1 Å². The maximum absolute atomic E-state index is 12.2. The minimum atomic E-state index is -3.61. The molecule has 3 rings (SSSR count). The molecule has 0 saturated carbocycles. The highest BCUT2D eigenvalue weighted by Gasteiger charge is 2.22. The van der Waals surface area contributed by atoms with Crippen LogP contribution in [0.4, 0.5) is 5.69 Å². The molecule has 0 spiro atoms. The van der Waals surface area contributed by atoms with Crippen LogP contribution in [0.5, 0.6) is 0 Å². The van der Waals surface area contributed by atoms with Gasteiger partial charge in [0.15, 0.2) is 0 Å². The van der Waals surface area contributed by atoms with Crippen LogP contribution >= 0.6 is 0 Å². The first-order valence-corrected chi connectivity index (χ1v) is 12.5. The lowest BCUT2D eigenvalue weighted by atomic mass is 10.0. The number of nitrogens with zero attached hydrogens (tertiary/aromatic N) is 1. The zero-order valence-corrected chi connectivity index (χ0v) is 19.3. The lowest BCUT2D eigenvalue weighted by Crippen LogP contribution is -2.47. The Labute approximate surface area is 195 Å². The number of sulfonamides is 1. The van der Waals surface area contributed by atoms with Gasteiger partial charge >= 0.3 is 0 Å². The molecule has 176 valence electrons. The van der Waals surface area contributed by atoms with Crippen molar-refractivity contribution in [1.29, 1.82) is 0 Å². The van der Waals surface area contributed by atoms with Gasteiger partial charge in [0.05, 0.1) is 6.54 Å². The number of hydrogen-bond donors (Lipinski definition) is 3. The number of para-hydroxylation sites is 1. The van der Waals surface area contributed by atoms with Crippen LogP contribution < -0.4 is 15.4 Å². The van der Waals surface area contributed by atoms with Gasteiger partial charge in [0.25, 0.3) is 0 Å². The van der Waals surface area contributed by atoms with Crippen LogP contribution in [-0.2, 0) is 19.6 Å². The Morgan fingerprint density at radius 2 is 1.58 bits per heavy atom. The van der Waals surface area contributed by atoms with Crippen molar-refractivity contribution in [3.05, 3.63) is 71.6 Å². The zero-order chi connectivity index (χ0) is 23.5. The summed E-state index contributed by atoms with van der Waals surface area (Å²) in [6.45, 7) is 1.77. The summed E-state index contributed by atoms with van der Waals surface area (Å²) in [5, 5.41) is 6.93. The van der Waals surface area contributed by atoms with E-state index in [4.69, 9.17) is 0 Å². The van der Waals surface area contributed by atoms with Gasteiger partial charge in [-0.25, -0.2) is 13.1 Å². The minimum absolute atomic E-state index is 0.0283. The van der Waals surface area contributed by atoms with Gasteiger partial charge in [-0.2, -0.15) is 0 Å². The quantitative estimate of drug-likeness (QED) is 0.493. The number of anilines is 1. The van der Waals surface area contributed by atoms with E-state index in [1.807, 2.05) is 48.5 Å². The molecule has 9 heteroatoms. The van der Waals surface area contributed by atoms with Gasteiger partial charge in [-0.1, -0.05) is 48.5 Å². The molecule has 0 atom stereocenters. The van der Waals surface area contributed by atoms with Gasteiger partial charge in [-0.15, -0.1) is 0 Å². The molecule has 2 amide bonds. The van der Waals surface area contributed by atoms with Crippen LogP contribution in [-0.4, -0.2) is 57.4 Å². The summed E-state index contributed by atoms with van der Waals surface area (Å²) in [5.74, 6) is -0.248. The molecule has 2 aromatic carbocycles. The third-order valence-electron chi connectivity index (χ3n) is 5.27. The molecular weight excluding hydrogens is 440 g/mol. The zero-order valence-electron chi connectivity index (χ0n) is 18.4. The number of piperidine rings is 1. The van der Waals surface area contributed by atoms with Crippen molar-refractivity contribution in [2.45, 2.75) is 25.3 Å². The number of carbonyl (C=O) groups excluding carboxylic acids is 2. The van der Waals surface area contributed by atoms with E-state index in [9.17, 15) is 18.0 Å². The number of amides is 2. The summed E-state index contributed by atoms with van der Waals surface area (Å²) >= 11 is 0. The van der Waals surface area contributed by atoms with E-state index in [0.717, 1.165) is 29.5 Å². The van der Waals surface area contributed by atoms with Gasteiger partial charge in [-0.05, 0) is 36.6 Å². The summed E-state index contributed by atoms with van der Waals surface area (Å²) in [4.78, 5) is 26.4. The van der Waals surface area contributed by atoms with E-state index >= 15 is 0 Å². The number of likely N-dealkylation sites (tertiary alicyclic amines) is 1. The van der Waals surface area contributed by atoms with Crippen molar-refractivity contribution in [2.75, 3.05) is 31.5 Å². The molecule has 8 nitrogen and oxygen atoms in total. The van der Waals surface area contributed by atoms with E-state index in [2.05, 4.69) is 20.3 Å². The average Bonchev–Trinajstić information content (AvgIpc) is 2.80. The molecule has 3 N–H and O–H groups in total. The Morgan fingerprint density at radius 1 is 0.939 bits per heavy atom. The van der Waals surface area contributed by atoms with Gasteiger partial charge in [-0.3, -0.25) is 14.5 Å². The molecular formula is C24H30N4O4S. The molecule has 0 aromatic heterocycles. The second-order valence-corrected chi connectivity index (χ2v) is 9.59. The third kappa shape index (κ3) is 9.17. The highest BCUT2D eigenvalue weighted by molar-refractivity contribution is 7.92. The smallest absolute Gasteiger partial charge is 0.238 e. The molecule has 0 aliphatic carbocycles. The fraction of sp³-hybridized carbons (Fsp3) is 0.333. The molecule has 1 aliphatic heterocycles. The van der Waals surface area contributed by atoms with Crippen LogP contribution in [0, 0.1) is 0 Å². The minimum Gasteiger partial charge on any atom is -0.353 e. The number of benzene rings is 2. The van der Waals surface area contributed by atoms with Crippen molar-refractivity contribution >= 4 is 33.6 Å². The lowest BCUT2D eigenvalue weighted by Gasteiger charge is -2.31. The van der Waals surface area contributed by atoms with Gasteiger partial charge in [0.2, 0.25) is 21.8 Å². The van der Waals surface area contributed by atoms with E-state index in [1.165, 1.54) is 6.08 Å². The molecule has 2 aromatic rings. The fourth-order valence-corrected chi connectivity index (χ4v) is 4.37. The molecule has 0 bridgehead atoms. The summed E-state index contributed by atoms with van der Waals surface area (Å²) in [6.07, 6.45) is 3.07. The topological polar surface area (TPSA) is 108 Å². The largest absolute Gasteiger partial charge is 0.353 e. The first-order valence-electron chi connectivity index (χ1n) is 11.0. The Morgan fingerprint density at radius 3 is 2.24 bits per heavy atom. The Balaban J connectivity index is 1.31. The maximum Gasteiger partial charge on any atom is 0.238 e. The molecule has 0 unspecified atom stereocenters. The predicted molar refractivity (Wildman–Crippen MR) is 130 cm³/mol. The number of rotatable bonds is 10. The van der Waals surface area contributed by atoms with Gasteiger partial charge < -0.3 is 10.6 Å². The highest BCUT2D eigenvalue weighted by Crippen LogP contribution is 2.11. The average molecular weight is 471 g/mol. The van der Waals surface area contributed by atoms with Crippen LogP contribution in [0.2, 0.25) is 0 Å². The van der Waals surface area contributed by atoms with Crippen molar-refractivity contribution in [1.82, 2.24) is 14.9 Å². The molecule has 33 heavy (non-hydrogen) atoms. The summed E-state index contributed by atoms with van der Waals surface area (Å²) in [6, 6.07) is 18.5. The van der Waals surface area contributed by atoms with Crippen LogP contribution in [0.15, 0.2) is 66.1 Å². The van der Waals surface area contributed by atoms with Crippen molar-refractivity contribution in [2.24, 2.45) is 0 Å². The number of nitrogens with one attached hydrogen (secondary N) is 3. The maximum atomic E-state index is 12.2. The SMILES string of the molecule is O=C(CN1CCC(NC(=O)CCNS(=O)(=O)/C=C/c2ccccc2)CC1)Nc1ccccc1. The molecule has 0 radical (unpaired) electrons. The van der Waals surface area contributed by atoms with E-state index in [-0.39, 0.29) is 30.8 Å². The predicted octanol–water partition coefficient (Wildman–Crippen LogP) is 2.19. The second kappa shape index (κ2) is 12.3. The summed E-state index contributed by atoms with van der Waals surface area (Å²) in [5.41, 5.74) is 1.56. The molecule has 1 aliphatic rings. The molecule has 1 fully saturated rings. The summed E-state index contributed by atoms with van der Waals surface area (Å²) < 4.78 is 26.5. The monoisotopic (exact) mass is 470 g/mol. The van der Waals surface area contributed by atoms with Crippen LogP contribution in [0.1, 0.15) is 24.8 Å². The third-order valence-corrected chi connectivity index (χ3v) is 6.37. The standard InChI is InChI=1S/C24H30N4O4S/c29-23(11-15-25-33(31,32)18-14-20-7-3-1-4-8-20)26-22-12-16-28(17-13-22)19-24(30)27-21-9-5-2-6-10-21/h1-10,14,18,22,25H,11-13,15-17,19H2,(H,26,29)(H,27,30)/b18-14+. The second-order valence-electron chi connectivity index (χ2n) is 7.93. The summed E-state index contributed by atoms with van der Waals surface area (Å²) in [7, 11) is -3.61. The first kappa shape index (κ1) is 24.6. The van der Waals surface area contributed by atoms with E-state index < -0.39 is 10.0 Å². The van der Waals surface area contributed by atoms with E-state index in [0.29, 0.717) is 19.6 Å². The number of carbonyl (C=O) groups is 2. The van der Waals surface area contributed by atoms with Crippen molar-refractivity contribution < 1.29 is 18.0 Å². The van der Waals surface area contributed by atoms with Gasteiger partial charge in [0.1, 0.15) is 0 Å². The highest BCUT2D eigenvalue weighted by atomic mass is 32.2. The normalized spacial score (nSPS) is 15.4. The first-order chi connectivity index (χ1) is 15.9. The Bertz CT molecular complexity index is 1030. The Kier molecular flexibility index (Phi) is 9.17. The fourth-order valence-electron chi connectivity index (χ4n) is 3.55. The Hall–Kier alpha value is -3.01. The molecule has 1 heterocycles. The van der Waals surface area contributed by atoms with Crippen LogP contribution in [0.3, 0.4) is 0 Å². The van der Waals surface area contributed by atoms with Crippen molar-refractivity contribution in [3.63, 3.8) is 0 Å². The van der Waals surface area contributed by atoms with Crippen molar-refractivity contribution in [3.8, 4) is 0 Å². The van der Waals surface area contributed by atoms with Crippen LogP contribution in [0.25, 0.3) is 6.08 Å². The number of hydrogen-bond acceptors (Lipinski definition) is 5. The lowest BCUT2D eigenvalue weighted by molar-refractivity contribution is -0.122. The van der Waals surface area contributed by atoms with Gasteiger partial charge in [0, 0.05) is 43.2 Å². The molecule has 1 saturated heterocycles.